The normalized spacial score (nSPS) is 12.1. The van der Waals surface area contributed by atoms with Gasteiger partial charge in [0.2, 0.25) is 0 Å². The SMILES string of the molecule is Cc1ccc(/C=C(/CCCOc2ccc(CNCCCP(=O)(O)O)cc2)c2cccc(Cl)c2)cc1C. The fraction of sp³-hybridized carbons (Fsp3) is 0.310. The Bertz CT molecular complexity index is 1200. The molecule has 0 aromatic heterocycles. The third-order valence-electron chi connectivity index (χ3n) is 5.98. The topological polar surface area (TPSA) is 78.8 Å². The van der Waals surface area contributed by atoms with Crippen LogP contribution in [0.25, 0.3) is 11.6 Å². The van der Waals surface area contributed by atoms with Gasteiger partial charge in [-0.3, -0.25) is 4.57 Å². The molecule has 0 aliphatic heterocycles. The van der Waals surface area contributed by atoms with E-state index >= 15 is 0 Å². The average Bonchev–Trinajstić information content (AvgIpc) is 2.83. The second kappa shape index (κ2) is 13.8. The van der Waals surface area contributed by atoms with Gasteiger partial charge in [0.15, 0.2) is 0 Å². The summed E-state index contributed by atoms with van der Waals surface area (Å²) >= 11 is 6.27. The first kappa shape index (κ1) is 28.2. The van der Waals surface area contributed by atoms with Crippen LogP contribution in [0.2, 0.25) is 5.02 Å². The summed E-state index contributed by atoms with van der Waals surface area (Å²) in [5, 5.41) is 3.93. The molecule has 0 aliphatic carbocycles. The number of benzene rings is 3. The molecular weight excluding hydrogens is 493 g/mol. The smallest absolute Gasteiger partial charge is 0.325 e. The van der Waals surface area contributed by atoms with Crippen molar-refractivity contribution >= 4 is 30.8 Å². The maximum Gasteiger partial charge on any atom is 0.325 e. The fourth-order valence-corrected chi connectivity index (χ4v) is 4.60. The molecule has 0 fully saturated rings. The molecule has 0 bridgehead atoms. The summed E-state index contributed by atoms with van der Waals surface area (Å²) < 4.78 is 16.9. The van der Waals surface area contributed by atoms with Crippen LogP contribution in [-0.4, -0.2) is 29.1 Å². The standard InChI is InChI=1S/C29H35ClNO4P/c1-22-9-10-25(18-23(22)2)19-26(27-6-3-8-28(30)20-27)7-4-16-35-29-13-11-24(12-14-29)21-31-15-5-17-36(32,33)34/h3,6,8-14,18-20,31H,4-5,7,15-17,21H2,1-2H3,(H2,32,33,34)/b26-19-. The highest BCUT2D eigenvalue weighted by Crippen LogP contribution is 2.34. The Morgan fingerprint density at radius 3 is 2.47 bits per heavy atom. The van der Waals surface area contributed by atoms with Crippen molar-refractivity contribution in [3.63, 3.8) is 0 Å². The van der Waals surface area contributed by atoms with Crippen LogP contribution in [0.3, 0.4) is 0 Å². The maximum atomic E-state index is 10.9. The van der Waals surface area contributed by atoms with E-state index in [0.29, 0.717) is 26.1 Å². The van der Waals surface area contributed by atoms with Crippen LogP contribution in [0.4, 0.5) is 0 Å². The number of hydrogen-bond acceptors (Lipinski definition) is 3. The Morgan fingerprint density at radius 1 is 1.00 bits per heavy atom. The Kier molecular flexibility index (Phi) is 10.8. The Hall–Kier alpha value is -2.40. The van der Waals surface area contributed by atoms with Crippen LogP contribution < -0.4 is 10.1 Å². The summed E-state index contributed by atoms with van der Waals surface area (Å²) in [6, 6.07) is 22.4. The van der Waals surface area contributed by atoms with Gasteiger partial charge in [-0.05, 0) is 97.3 Å². The fourth-order valence-electron chi connectivity index (χ4n) is 3.84. The molecule has 3 aromatic carbocycles. The van der Waals surface area contributed by atoms with Crippen LogP contribution in [0, 0.1) is 13.8 Å². The van der Waals surface area contributed by atoms with Crippen LogP contribution in [-0.2, 0) is 11.1 Å². The van der Waals surface area contributed by atoms with Gasteiger partial charge in [0.05, 0.1) is 12.8 Å². The lowest BCUT2D eigenvalue weighted by Crippen LogP contribution is -2.15. The summed E-state index contributed by atoms with van der Waals surface area (Å²) in [7, 11) is -3.91. The lowest BCUT2D eigenvalue weighted by Gasteiger charge is -2.12. The van der Waals surface area contributed by atoms with Crippen molar-refractivity contribution in [2.75, 3.05) is 19.3 Å². The lowest BCUT2D eigenvalue weighted by atomic mass is 9.97. The van der Waals surface area contributed by atoms with E-state index in [-0.39, 0.29) is 6.16 Å². The van der Waals surface area contributed by atoms with Crippen molar-refractivity contribution in [3.8, 4) is 5.75 Å². The molecule has 0 saturated carbocycles. The third-order valence-corrected chi connectivity index (χ3v) is 7.12. The lowest BCUT2D eigenvalue weighted by molar-refractivity contribution is 0.313. The van der Waals surface area contributed by atoms with Crippen molar-refractivity contribution in [2.45, 2.75) is 39.7 Å². The molecule has 0 aliphatic rings. The van der Waals surface area contributed by atoms with Crippen molar-refractivity contribution in [2.24, 2.45) is 0 Å². The van der Waals surface area contributed by atoms with Gasteiger partial charge < -0.3 is 19.8 Å². The number of ether oxygens (including phenoxy) is 1. The minimum absolute atomic E-state index is 0.0916. The molecule has 0 saturated heterocycles. The van der Waals surface area contributed by atoms with Crippen LogP contribution >= 0.6 is 19.2 Å². The highest BCUT2D eigenvalue weighted by atomic mass is 35.5. The number of nitrogens with one attached hydrogen (secondary N) is 1. The highest BCUT2D eigenvalue weighted by molar-refractivity contribution is 7.51. The quantitative estimate of drug-likeness (QED) is 0.126. The second-order valence-electron chi connectivity index (χ2n) is 9.04. The van der Waals surface area contributed by atoms with Crippen molar-refractivity contribution in [1.82, 2.24) is 5.32 Å². The van der Waals surface area contributed by atoms with E-state index in [1.54, 1.807) is 0 Å². The first-order valence-electron chi connectivity index (χ1n) is 12.2. The molecule has 5 nitrogen and oxygen atoms in total. The largest absolute Gasteiger partial charge is 0.494 e. The average molecular weight is 528 g/mol. The summed E-state index contributed by atoms with van der Waals surface area (Å²) in [6.07, 6.45) is 4.32. The van der Waals surface area contributed by atoms with Gasteiger partial charge in [-0.1, -0.05) is 60.1 Å². The first-order chi connectivity index (χ1) is 17.2. The molecule has 36 heavy (non-hydrogen) atoms. The molecular formula is C29H35ClNO4P. The van der Waals surface area contributed by atoms with E-state index in [1.807, 2.05) is 42.5 Å². The van der Waals surface area contributed by atoms with E-state index in [0.717, 1.165) is 34.7 Å². The molecule has 3 aromatic rings. The van der Waals surface area contributed by atoms with Crippen molar-refractivity contribution in [1.29, 1.82) is 0 Å². The first-order valence-corrected chi connectivity index (χ1v) is 14.4. The molecule has 3 rings (SSSR count). The van der Waals surface area contributed by atoms with Crippen LogP contribution in [0.5, 0.6) is 5.75 Å². The van der Waals surface area contributed by atoms with E-state index in [1.165, 1.54) is 22.3 Å². The molecule has 7 heteroatoms. The van der Waals surface area contributed by atoms with Gasteiger partial charge in [-0.25, -0.2) is 0 Å². The van der Waals surface area contributed by atoms with Crippen LogP contribution in [0.15, 0.2) is 66.7 Å². The zero-order valence-electron chi connectivity index (χ0n) is 20.9. The Morgan fingerprint density at radius 2 is 1.78 bits per heavy atom. The minimum Gasteiger partial charge on any atom is -0.494 e. The number of rotatable bonds is 13. The van der Waals surface area contributed by atoms with Gasteiger partial charge >= 0.3 is 7.60 Å². The predicted octanol–water partition coefficient (Wildman–Crippen LogP) is 7.01. The van der Waals surface area contributed by atoms with Crippen molar-refractivity contribution < 1.29 is 19.1 Å². The van der Waals surface area contributed by atoms with E-state index in [9.17, 15) is 4.57 Å². The molecule has 3 N–H and O–H groups in total. The molecule has 0 heterocycles. The van der Waals surface area contributed by atoms with Gasteiger partial charge in [0.1, 0.15) is 5.75 Å². The van der Waals surface area contributed by atoms with E-state index in [4.69, 9.17) is 26.1 Å². The van der Waals surface area contributed by atoms with Gasteiger partial charge in [0.25, 0.3) is 0 Å². The number of allylic oxidation sites excluding steroid dienone is 1. The van der Waals surface area contributed by atoms with E-state index < -0.39 is 7.60 Å². The second-order valence-corrected chi connectivity index (χ2v) is 11.3. The number of hydrogen-bond donors (Lipinski definition) is 3. The highest BCUT2D eigenvalue weighted by Gasteiger charge is 2.11. The monoisotopic (exact) mass is 527 g/mol. The van der Waals surface area contributed by atoms with Crippen LogP contribution in [0.1, 0.15) is 47.1 Å². The van der Waals surface area contributed by atoms with Gasteiger partial charge in [-0.2, -0.15) is 0 Å². The van der Waals surface area contributed by atoms with E-state index in [2.05, 4.69) is 49.5 Å². The van der Waals surface area contributed by atoms with Gasteiger partial charge in [0, 0.05) is 11.6 Å². The molecule has 0 spiro atoms. The number of halogens is 1. The Labute approximate surface area is 219 Å². The zero-order chi connectivity index (χ0) is 26.0. The summed E-state index contributed by atoms with van der Waals surface area (Å²) in [6.45, 7) is 6.07. The molecule has 0 amide bonds. The summed E-state index contributed by atoms with van der Waals surface area (Å²) in [5.41, 5.74) is 7.18. The predicted molar refractivity (Wildman–Crippen MR) is 150 cm³/mol. The van der Waals surface area contributed by atoms with Gasteiger partial charge in [-0.15, -0.1) is 0 Å². The third kappa shape index (κ3) is 9.93. The molecule has 192 valence electrons. The molecule has 0 radical (unpaired) electrons. The summed E-state index contributed by atoms with van der Waals surface area (Å²) in [5.74, 6) is 0.822. The summed E-state index contributed by atoms with van der Waals surface area (Å²) in [4.78, 5) is 17.8. The maximum absolute atomic E-state index is 10.9. The Balaban J connectivity index is 1.51. The van der Waals surface area contributed by atoms with Crippen molar-refractivity contribution in [3.05, 3.63) is 99.6 Å². The molecule has 0 unspecified atom stereocenters. The number of aryl methyl sites for hydroxylation is 2. The molecule has 0 atom stereocenters. The zero-order valence-corrected chi connectivity index (χ0v) is 22.6. The minimum atomic E-state index is -3.91.